The summed E-state index contributed by atoms with van der Waals surface area (Å²) in [5.41, 5.74) is 1.79. The summed E-state index contributed by atoms with van der Waals surface area (Å²) < 4.78 is 5.41. The molecule has 0 radical (unpaired) electrons. The van der Waals surface area contributed by atoms with Crippen molar-refractivity contribution in [1.82, 2.24) is 10.2 Å². The van der Waals surface area contributed by atoms with Gasteiger partial charge in [-0.05, 0) is 49.6 Å². The molecule has 6 nitrogen and oxygen atoms in total. The monoisotopic (exact) mass is 381 g/mol. The maximum Gasteiger partial charge on any atom is 0.317 e. The van der Waals surface area contributed by atoms with Gasteiger partial charge < -0.3 is 20.3 Å². The first-order valence-corrected chi connectivity index (χ1v) is 9.76. The summed E-state index contributed by atoms with van der Waals surface area (Å²) >= 11 is 0. The summed E-state index contributed by atoms with van der Waals surface area (Å²) in [6, 6.07) is 17.0. The van der Waals surface area contributed by atoms with Crippen LogP contribution in [-0.2, 0) is 11.3 Å². The second-order valence-corrected chi connectivity index (χ2v) is 6.88. The number of hydrogen-bond acceptors (Lipinski definition) is 3. The lowest BCUT2D eigenvalue weighted by molar-refractivity contribution is -0.121. The molecule has 2 N–H and O–H groups in total. The Balaban J connectivity index is 1.50. The minimum atomic E-state index is -0.206. The molecule has 1 fully saturated rings. The first kappa shape index (κ1) is 19.7. The van der Waals surface area contributed by atoms with Gasteiger partial charge in [-0.25, -0.2) is 4.79 Å². The molecule has 0 aromatic heterocycles. The van der Waals surface area contributed by atoms with Crippen molar-refractivity contribution in [3.63, 3.8) is 0 Å². The molecule has 0 aliphatic carbocycles. The molecule has 3 amide bonds. The molecule has 28 heavy (non-hydrogen) atoms. The van der Waals surface area contributed by atoms with Crippen LogP contribution in [0.5, 0.6) is 5.75 Å². The average molecular weight is 381 g/mol. The van der Waals surface area contributed by atoms with E-state index >= 15 is 0 Å². The van der Waals surface area contributed by atoms with E-state index < -0.39 is 0 Å². The highest BCUT2D eigenvalue weighted by Gasteiger charge is 2.28. The number of nitrogens with zero attached hydrogens (tertiary/aromatic N) is 1. The molecular formula is C22H27N3O3. The highest BCUT2D eigenvalue weighted by molar-refractivity contribution is 5.93. The highest BCUT2D eigenvalue weighted by atomic mass is 16.5. The van der Waals surface area contributed by atoms with Crippen LogP contribution in [0.3, 0.4) is 0 Å². The third-order valence-electron chi connectivity index (χ3n) is 4.80. The zero-order valence-corrected chi connectivity index (χ0v) is 16.2. The molecular weight excluding hydrogens is 354 g/mol. The lowest BCUT2D eigenvalue weighted by Crippen LogP contribution is -2.47. The Bertz CT molecular complexity index is 777. The molecule has 1 aliphatic heterocycles. The standard InChI is InChI=1S/C22H27N3O3/c1-2-28-20-12-10-19(11-13-20)24-21(26)18-9-6-14-25(16-18)22(27)23-15-17-7-4-3-5-8-17/h3-5,7-8,10-13,18H,2,6,9,14-16H2,1H3,(H,23,27)(H,24,26)/t18-/m0/s1. The summed E-state index contributed by atoms with van der Waals surface area (Å²) in [4.78, 5) is 26.8. The first-order chi connectivity index (χ1) is 13.7. The third-order valence-corrected chi connectivity index (χ3v) is 4.80. The van der Waals surface area contributed by atoms with Crippen molar-refractivity contribution in [2.24, 2.45) is 5.92 Å². The number of carbonyl (C=O) groups excluding carboxylic acids is 2. The van der Waals surface area contributed by atoms with E-state index in [0.29, 0.717) is 26.2 Å². The van der Waals surface area contributed by atoms with Gasteiger partial charge in [0.25, 0.3) is 0 Å². The molecule has 0 bridgehead atoms. The van der Waals surface area contributed by atoms with E-state index in [0.717, 1.165) is 29.8 Å². The fraction of sp³-hybridized carbons (Fsp3) is 0.364. The molecule has 2 aromatic carbocycles. The van der Waals surface area contributed by atoms with Gasteiger partial charge >= 0.3 is 6.03 Å². The second kappa shape index (κ2) is 9.78. The molecule has 0 unspecified atom stereocenters. The summed E-state index contributed by atoms with van der Waals surface area (Å²) in [7, 11) is 0. The minimum Gasteiger partial charge on any atom is -0.494 e. The molecule has 1 heterocycles. The van der Waals surface area contributed by atoms with Crippen LogP contribution in [0.25, 0.3) is 0 Å². The molecule has 1 aliphatic rings. The molecule has 0 spiro atoms. The molecule has 3 rings (SSSR count). The van der Waals surface area contributed by atoms with Gasteiger partial charge in [0.15, 0.2) is 0 Å². The zero-order valence-electron chi connectivity index (χ0n) is 16.2. The number of rotatable bonds is 6. The minimum absolute atomic E-state index is 0.0512. The Morgan fingerprint density at radius 1 is 1.11 bits per heavy atom. The van der Waals surface area contributed by atoms with Crippen molar-refractivity contribution in [2.75, 3.05) is 25.0 Å². The van der Waals surface area contributed by atoms with Crippen LogP contribution >= 0.6 is 0 Å². The van der Waals surface area contributed by atoms with Crippen LogP contribution in [-0.4, -0.2) is 36.5 Å². The van der Waals surface area contributed by atoms with Gasteiger partial charge in [-0.1, -0.05) is 30.3 Å². The van der Waals surface area contributed by atoms with Crippen LogP contribution < -0.4 is 15.4 Å². The summed E-state index contributed by atoms with van der Waals surface area (Å²) in [5.74, 6) is 0.520. The number of carbonyl (C=O) groups is 2. The summed E-state index contributed by atoms with van der Waals surface area (Å²) in [6.07, 6.45) is 1.60. The van der Waals surface area contributed by atoms with Crippen LogP contribution in [0.2, 0.25) is 0 Å². The quantitative estimate of drug-likeness (QED) is 0.802. The maximum absolute atomic E-state index is 12.6. The largest absolute Gasteiger partial charge is 0.494 e. The highest BCUT2D eigenvalue weighted by Crippen LogP contribution is 2.20. The molecule has 6 heteroatoms. The summed E-state index contributed by atoms with van der Waals surface area (Å²) in [5, 5.41) is 5.88. The average Bonchev–Trinajstić information content (AvgIpc) is 2.74. The van der Waals surface area contributed by atoms with E-state index in [2.05, 4.69) is 10.6 Å². The maximum atomic E-state index is 12.6. The molecule has 1 saturated heterocycles. The number of urea groups is 1. The van der Waals surface area contributed by atoms with Gasteiger partial charge in [-0.15, -0.1) is 0 Å². The van der Waals surface area contributed by atoms with Crippen molar-refractivity contribution in [2.45, 2.75) is 26.3 Å². The van der Waals surface area contributed by atoms with E-state index in [1.807, 2.05) is 61.5 Å². The van der Waals surface area contributed by atoms with Gasteiger partial charge in [0.1, 0.15) is 5.75 Å². The SMILES string of the molecule is CCOc1ccc(NC(=O)[C@H]2CCCN(C(=O)NCc3ccccc3)C2)cc1. The van der Waals surface area contributed by atoms with Crippen molar-refractivity contribution >= 4 is 17.6 Å². The van der Waals surface area contributed by atoms with Crippen LogP contribution in [0, 0.1) is 5.92 Å². The number of ether oxygens (including phenoxy) is 1. The fourth-order valence-electron chi connectivity index (χ4n) is 3.31. The van der Waals surface area contributed by atoms with Gasteiger partial charge in [-0.3, -0.25) is 4.79 Å². The lowest BCUT2D eigenvalue weighted by Gasteiger charge is -2.32. The number of hydrogen-bond donors (Lipinski definition) is 2. The Morgan fingerprint density at radius 3 is 2.57 bits per heavy atom. The van der Waals surface area contributed by atoms with E-state index in [-0.39, 0.29) is 17.9 Å². The van der Waals surface area contributed by atoms with Crippen LogP contribution in [0.4, 0.5) is 10.5 Å². The predicted octanol–water partition coefficient (Wildman–Crippen LogP) is 3.65. The smallest absolute Gasteiger partial charge is 0.317 e. The third kappa shape index (κ3) is 5.49. The molecule has 2 aromatic rings. The normalized spacial score (nSPS) is 16.3. The second-order valence-electron chi connectivity index (χ2n) is 6.88. The number of likely N-dealkylation sites (tertiary alicyclic amines) is 1. The van der Waals surface area contributed by atoms with Crippen molar-refractivity contribution < 1.29 is 14.3 Å². The van der Waals surface area contributed by atoms with Crippen molar-refractivity contribution in [3.8, 4) is 5.75 Å². The van der Waals surface area contributed by atoms with Crippen molar-refractivity contribution in [1.29, 1.82) is 0 Å². The lowest BCUT2D eigenvalue weighted by atomic mass is 9.97. The predicted molar refractivity (Wildman–Crippen MR) is 109 cm³/mol. The number of piperidine rings is 1. The Hall–Kier alpha value is -3.02. The molecule has 1 atom stereocenters. The van der Waals surface area contributed by atoms with E-state index in [9.17, 15) is 9.59 Å². The van der Waals surface area contributed by atoms with Crippen molar-refractivity contribution in [3.05, 3.63) is 60.2 Å². The van der Waals surface area contributed by atoms with Crippen LogP contribution in [0.1, 0.15) is 25.3 Å². The molecule has 0 saturated carbocycles. The van der Waals surface area contributed by atoms with Gasteiger partial charge in [-0.2, -0.15) is 0 Å². The Kier molecular flexibility index (Phi) is 6.89. The number of nitrogens with one attached hydrogen (secondary N) is 2. The molecule has 148 valence electrons. The van der Waals surface area contributed by atoms with E-state index in [4.69, 9.17) is 4.74 Å². The Labute approximate surface area is 165 Å². The van der Waals surface area contributed by atoms with E-state index in [1.165, 1.54) is 0 Å². The first-order valence-electron chi connectivity index (χ1n) is 9.76. The van der Waals surface area contributed by atoms with Gasteiger partial charge in [0.05, 0.1) is 12.5 Å². The van der Waals surface area contributed by atoms with Crippen LogP contribution in [0.15, 0.2) is 54.6 Å². The number of anilines is 1. The fourth-order valence-corrected chi connectivity index (χ4v) is 3.31. The topological polar surface area (TPSA) is 70.7 Å². The zero-order chi connectivity index (χ0) is 19.8. The van der Waals surface area contributed by atoms with Gasteiger partial charge in [0, 0.05) is 25.3 Å². The van der Waals surface area contributed by atoms with Gasteiger partial charge in [0.2, 0.25) is 5.91 Å². The Morgan fingerprint density at radius 2 is 1.86 bits per heavy atom. The summed E-state index contributed by atoms with van der Waals surface area (Å²) in [6.45, 7) is 4.13. The number of benzene rings is 2. The number of amides is 3. The van der Waals surface area contributed by atoms with E-state index in [1.54, 1.807) is 4.90 Å².